The van der Waals surface area contributed by atoms with E-state index in [9.17, 15) is 0 Å². The molecule has 0 bridgehead atoms. The summed E-state index contributed by atoms with van der Waals surface area (Å²) in [5, 5.41) is 0. The first-order valence-corrected chi connectivity index (χ1v) is 6.76. The van der Waals surface area contributed by atoms with Crippen LogP contribution in [0, 0.1) is 6.92 Å². The van der Waals surface area contributed by atoms with Crippen LogP contribution in [0.1, 0.15) is 30.9 Å². The summed E-state index contributed by atoms with van der Waals surface area (Å²) in [4.78, 5) is 6.92. The summed E-state index contributed by atoms with van der Waals surface area (Å²) in [6.45, 7) is 7.64. The number of ether oxygens (including phenoxy) is 1. The molecule has 1 aromatic heterocycles. The van der Waals surface area contributed by atoms with Crippen molar-refractivity contribution in [2.24, 2.45) is 5.73 Å². The Hall–Kier alpha value is -1.13. The summed E-state index contributed by atoms with van der Waals surface area (Å²) >= 11 is 0. The summed E-state index contributed by atoms with van der Waals surface area (Å²) in [6, 6.07) is 2.13. The second-order valence-corrected chi connectivity index (χ2v) is 4.89. The Morgan fingerprint density at radius 3 is 3.06 bits per heavy atom. The van der Waals surface area contributed by atoms with Crippen molar-refractivity contribution in [3.8, 4) is 0 Å². The van der Waals surface area contributed by atoms with E-state index in [1.54, 1.807) is 0 Å². The van der Waals surface area contributed by atoms with E-state index in [4.69, 9.17) is 10.5 Å². The monoisotopic (exact) mass is 249 g/mol. The third-order valence-electron chi connectivity index (χ3n) is 3.45. The summed E-state index contributed by atoms with van der Waals surface area (Å²) in [5.74, 6) is 1.08. The maximum atomic E-state index is 5.80. The van der Waals surface area contributed by atoms with Gasteiger partial charge in [-0.05, 0) is 37.0 Å². The van der Waals surface area contributed by atoms with Crippen LogP contribution in [0.25, 0.3) is 0 Å². The Balaban J connectivity index is 2.18. The number of hydrogen-bond donors (Lipinski definition) is 1. The lowest BCUT2D eigenvalue weighted by Gasteiger charge is -2.26. The highest BCUT2D eigenvalue weighted by Gasteiger charge is 2.19. The first kappa shape index (κ1) is 13.3. The standard InChI is InChI=1S/C14H23N3O/c1-3-13-10-17(5-4-6-18-13)14-11(2)7-12(8-15)9-16-14/h7,9,13H,3-6,8,10,15H2,1-2H3. The average Bonchev–Trinajstić information content (AvgIpc) is 2.63. The Kier molecular flexibility index (Phi) is 4.55. The minimum absolute atomic E-state index is 0.322. The molecule has 1 aliphatic rings. The smallest absolute Gasteiger partial charge is 0.131 e. The summed E-state index contributed by atoms with van der Waals surface area (Å²) in [5.41, 5.74) is 7.94. The third-order valence-corrected chi connectivity index (χ3v) is 3.45. The van der Waals surface area contributed by atoms with Gasteiger partial charge in [0.05, 0.1) is 6.10 Å². The molecule has 0 radical (unpaired) electrons. The van der Waals surface area contributed by atoms with Gasteiger partial charge < -0.3 is 15.4 Å². The molecular weight excluding hydrogens is 226 g/mol. The predicted octanol–water partition coefficient (Wildman–Crippen LogP) is 1.85. The number of aryl methyl sites for hydroxylation is 1. The molecule has 0 aliphatic carbocycles. The molecule has 1 atom stereocenters. The van der Waals surface area contributed by atoms with Crippen molar-refractivity contribution in [2.75, 3.05) is 24.6 Å². The number of nitrogens with zero attached hydrogens (tertiary/aromatic N) is 2. The van der Waals surface area contributed by atoms with Crippen molar-refractivity contribution in [3.63, 3.8) is 0 Å². The van der Waals surface area contributed by atoms with E-state index >= 15 is 0 Å². The lowest BCUT2D eigenvalue weighted by molar-refractivity contribution is 0.0664. The molecule has 2 rings (SSSR count). The minimum atomic E-state index is 0.322. The predicted molar refractivity (Wildman–Crippen MR) is 73.7 cm³/mol. The van der Waals surface area contributed by atoms with Gasteiger partial charge in [0.1, 0.15) is 5.82 Å². The zero-order valence-electron chi connectivity index (χ0n) is 11.4. The van der Waals surface area contributed by atoms with Crippen LogP contribution in [0.4, 0.5) is 5.82 Å². The number of rotatable bonds is 3. The summed E-state index contributed by atoms with van der Waals surface area (Å²) < 4.78 is 5.80. The zero-order chi connectivity index (χ0) is 13.0. The van der Waals surface area contributed by atoms with E-state index in [0.29, 0.717) is 12.6 Å². The molecule has 2 heterocycles. The number of nitrogens with two attached hydrogens (primary N) is 1. The van der Waals surface area contributed by atoms with Crippen LogP contribution in [-0.2, 0) is 11.3 Å². The van der Waals surface area contributed by atoms with Crippen LogP contribution >= 0.6 is 0 Å². The largest absolute Gasteiger partial charge is 0.376 e. The van der Waals surface area contributed by atoms with Gasteiger partial charge in [-0.15, -0.1) is 0 Å². The molecule has 1 aromatic rings. The molecule has 4 heteroatoms. The number of aromatic nitrogens is 1. The molecule has 100 valence electrons. The fourth-order valence-corrected chi connectivity index (χ4v) is 2.40. The van der Waals surface area contributed by atoms with Crippen LogP contribution in [0.2, 0.25) is 0 Å². The van der Waals surface area contributed by atoms with Gasteiger partial charge in [0.25, 0.3) is 0 Å². The first-order chi connectivity index (χ1) is 8.74. The summed E-state index contributed by atoms with van der Waals surface area (Å²) in [6.07, 6.45) is 4.32. The van der Waals surface area contributed by atoms with Crippen LogP contribution in [0.3, 0.4) is 0 Å². The van der Waals surface area contributed by atoms with Crippen LogP contribution in [0.5, 0.6) is 0 Å². The molecule has 1 aliphatic heterocycles. The number of pyridine rings is 1. The van der Waals surface area contributed by atoms with Crippen molar-refractivity contribution in [1.82, 2.24) is 4.98 Å². The highest BCUT2D eigenvalue weighted by Crippen LogP contribution is 2.21. The van der Waals surface area contributed by atoms with Gasteiger partial charge in [0.15, 0.2) is 0 Å². The van der Waals surface area contributed by atoms with Gasteiger partial charge in [-0.3, -0.25) is 0 Å². The van der Waals surface area contributed by atoms with Crippen molar-refractivity contribution >= 4 is 5.82 Å². The molecule has 0 aromatic carbocycles. The maximum absolute atomic E-state index is 5.80. The number of hydrogen-bond acceptors (Lipinski definition) is 4. The third kappa shape index (κ3) is 3.00. The van der Waals surface area contributed by atoms with Crippen LogP contribution in [-0.4, -0.2) is 30.8 Å². The van der Waals surface area contributed by atoms with E-state index in [1.165, 1.54) is 5.56 Å². The second-order valence-electron chi connectivity index (χ2n) is 4.89. The van der Waals surface area contributed by atoms with E-state index in [-0.39, 0.29) is 0 Å². The maximum Gasteiger partial charge on any atom is 0.131 e. The highest BCUT2D eigenvalue weighted by atomic mass is 16.5. The van der Waals surface area contributed by atoms with Gasteiger partial charge >= 0.3 is 0 Å². The Labute approximate surface area is 109 Å². The highest BCUT2D eigenvalue weighted by molar-refractivity contribution is 5.47. The van der Waals surface area contributed by atoms with E-state index in [2.05, 4.69) is 29.8 Å². The van der Waals surface area contributed by atoms with Gasteiger partial charge in [0, 0.05) is 32.4 Å². The van der Waals surface area contributed by atoms with E-state index in [1.807, 2.05) is 6.20 Å². The second kappa shape index (κ2) is 6.16. The zero-order valence-corrected chi connectivity index (χ0v) is 11.4. The molecule has 0 spiro atoms. The molecular formula is C14H23N3O. The molecule has 2 N–H and O–H groups in total. The Morgan fingerprint density at radius 1 is 1.56 bits per heavy atom. The molecule has 1 saturated heterocycles. The Morgan fingerprint density at radius 2 is 2.39 bits per heavy atom. The molecule has 18 heavy (non-hydrogen) atoms. The normalized spacial score (nSPS) is 20.8. The number of anilines is 1. The Bertz CT molecular complexity index is 395. The first-order valence-electron chi connectivity index (χ1n) is 6.76. The van der Waals surface area contributed by atoms with Crippen molar-refractivity contribution in [3.05, 3.63) is 23.4 Å². The molecule has 1 fully saturated rings. The molecule has 0 amide bonds. The topological polar surface area (TPSA) is 51.4 Å². The quantitative estimate of drug-likeness (QED) is 0.888. The lowest BCUT2D eigenvalue weighted by Crippen LogP contribution is -2.32. The molecule has 4 nitrogen and oxygen atoms in total. The fourth-order valence-electron chi connectivity index (χ4n) is 2.40. The van der Waals surface area contributed by atoms with Gasteiger partial charge in [-0.1, -0.05) is 6.92 Å². The minimum Gasteiger partial charge on any atom is -0.376 e. The SMILES string of the molecule is CCC1CN(c2ncc(CN)cc2C)CCCO1. The van der Waals surface area contributed by atoms with Gasteiger partial charge in [-0.25, -0.2) is 4.98 Å². The van der Waals surface area contributed by atoms with Gasteiger partial charge in [0.2, 0.25) is 0 Å². The van der Waals surface area contributed by atoms with E-state index < -0.39 is 0 Å². The molecule has 1 unspecified atom stereocenters. The van der Waals surface area contributed by atoms with Crippen LogP contribution < -0.4 is 10.6 Å². The average molecular weight is 249 g/mol. The van der Waals surface area contributed by atoms with E-state index in [0.717, 1.165) is 43.9 Å². The summed E-state index contributed by atoms with van der Waals surface area (Å²) in [7, 11) is 0. The van der Waals surface area contributed by atoms with Crippen LogP contribution in [0.15, 0.2) is 12.3 Å². The molecule has 0 saturated carbocycles. The van der Waals surface area contributed by atoms with Crippen molar-refractivity contribution in [2.45, 2.75) is 39.3 Å². The lowest BCUT2D eigenvalue weighted by atomic mass is 10.2. The van der Waals surface area contributed by atoms with Crippen molar-refractivity contribution < 1.29 is 4.74 Å². The van der Waals surface area contributed by atoms with Crippen molar-refractivity contribution in [1.29, 1.82) is 0 Å². The van der Waals surface area contributed by atoms with Gasteiger partial charge in [-0.2, -0.15) is 0 Å². The fraction of sp³-hybridized carbons (Fsp3) is 0.643.